The molecular weight excluding hydrogens is 296 g/mol. The predicted octanol–water partition coefficient (Wildman–Crippen LogP) is 2.28. The van der Waals surface area contributed by atoms with Crippen LogP contribution in [-0.4, -0.2) is 32.2 Å². The van der Waals surface area contributed by atoms with Gasteiger partial charge in [-0.2, -0.15) is 5.10 Å². The average molecular weight is 319 g/mol. The highest BCUT2D eigenvalue weighted by molar-refractivity contribution is 9.10. The molecule has 5 heteroatoms. The first kappa shape index (κ1) is 15.7. The molecule has 18 heavy (non-hydrogen) atoms. The highest BCUT2D eigenvalue weighted by Gasteiger charge is 2.30. The third kappa shape index (κ3) is 3.33. The van der Waals surface area contributed by atoms with Gasteiger partial charge in [0.15, 0.2) is 0 Å². The van der Waals surface area contributed by atoms with E-state index in [2.05, 4.69) is 21.0 Å². The minimum atomic E-state index is -0.789. The fourth-order valence-corrected chi connectivity index (χ4v) is 2.40. The van der Waals surface area contributed by atoms with Crippen molar-refractivity contribution in [1.82, 2.24) is 9.78 Å². The van der Waals surface area contributed by atoms with Crippen molar-refractivity contribution in [2.45, 2.75) is 59.8 Å². The summed E-state index contributed by atoms with van der Waals surface area (Å²) in [6.07, 6.45) is -1.15. The molecule has 0 saturated carbocycles. The lowest BCUT2D eigenvalue weighted by Crippen LogP contribution is -2.39. The third-order valence-corrected chi connectivity index (χ3v) is 4.14. The van der Waals surface area contributed by atoms with Crippen LogP contribution in [0.25, 0.3) is 0 Å². The van der Waals surface area contributed by atoms with Crippen LogP contribution in [0.4, 0.5) is 0 Å². The number of aliphatic hydroxyl groups excluding tert-OH is 2. The van der Waals surface area contributed by atoms with Gasteiger partial charge in [-0.3, -0.25) is 4.68 Å². The first-order valence-corrected chi connectivity index (χ1v) is 7.05. The smallest absolute Gasteiger partial charge is 0.0859 e. The van der Waals surface area contributed by atoms with E-state index in [0.29, 0.717) is 6.42 Å². The Labute approximate surface area is 117 Å². The quantitative estimate of drug-likeness (QED) is 0.895. The lowest BCUT2D eigenvalue weighted by Gasteiger charge is -2.30. The SMILES string of the molecule is CCn1nc(C)c(Br)c1CC(O)C(O)C(C)(C)C. The van der Waals surface area contributed by atoms with E-state index in [1.165, 1.54) is 0 Å². The van der Waals surface area contributed by atoms with Crippen LogP contribution in [0, 0.1) is 12.3 Å². The van der Waals surface area contributed by atoms with Crippen molar-refractivity contribution >= 4 is 15.9 Å². The molecule has 1 heterocycles. The van der Waals surface area contributed by atoms with Gasteiger partial charge >= 0.3 is 0 Å². The molecule has 0 spiro atoms. The normalized spacial score (nSPS) is 15.8. The topological polar surface area (TPSA) is 58.3 Å². The standard InChI is InChI=1S/C13H23BrN2O2/c1-6-16-9(11(14)8(2)15-16)7-10(17)12(18)13(3,4)5/h10,12,17-18H,6-7H2,1-5H3. The Morgan fingerprint density at radius 1 is 1.33 bits per heavy atom. The summed E-state index contributed by atoms with van der Waals surface area (Å²) in [6, 6.07) is 0. The van der Waals surface area contributed by atoms with Gasteiger partial charge in [-0.15, -0.1) is 0 Å². The van der Waals surface area contributed by atoms with Gasteiger partial charge in [-0.1, -0.05) is 20.8 Å². The second kappa shape index (κ2) is 5.72. The highest BCUT2D eigenvalue weighted by atomic mass is 79.9. The molecule has 2 atom stereocenters. The van der Waals surface area contributed by atoms with Gasteiger partial charge in [-0.05, 0) is 35.2 Å². The number of hydrogen-bond donors (Lipinski definition) is 2. The first-order chi connectivity index (χ1) is 8.18. The van der Waals surface area contributed by atoms with Gasteiger partial charge in [0.05, 0.1) is 28.1 Å². The fourth-order valence-electron chi connectivity index (χ4n) is 1.95. The number of aryl methyl sites for hydroxylation is 2. The van der Waals surface area contributed by atoms with E-state index < -0.39 is 12.2 Å². The summed E-state index contributed by atoms with van der Waals surface area (Å²) in [5, 5.41) is 24.6. The molecule has 1 rings (SSSR count). The minimum Gasteiger partial charge on any atom is -0.390 e. The van der Waals surface area contributed by atoms with E-state index in [-0.39, 0.29) is 5.41 Å². The van der Waals surface area contributed by atoms with E-state index in [0.717, 1.165) is 22.4 Å². The summed E-state index contributed by atoms with van der Waals surface area (Å²) < 4.78 is 2.78. The molecule has 4 nitrogen and oxygen atoms in total. The van der Waals surface area contributed by atoms with E-state index in [4.69, 9.17) is 0 Å². The maximum absolute atomic E-state index is 10.1. The van der Waals surface area contributed by atoms with E-state index in [9.17, 15) is 10.2 Å². The molecule has 0 amide bonds. The van der Waals surface area contributed by atoms with Gasteiger partial charge in [0, 0.05) is 13.0 Å². The Morgan fingerprint density at radius 3 is 2.33 bits per heavy atom. The maximum Gasteiger partial charge on any atom is 0.0859 e. The molecule has 2 N–H and O–H groups in total. The number of rotatable bonds is 4. The van der Waals surface area contributed by atoms with Crippen LogP contribution < -0.4 is 0 Å². The van der Waals surface area contributed by atoms with Gasteiger partial charge in [-0.25, -0.2) is 0 Å². The molecule has 0 aliphatic rings. The summed E-state index contributed by atoms with van der Waals surface area (Å²) in [7, 11) is 0. The van der Waals surface area contributed by atoms with Gasteiger partial charge < -0.3 is 10.2 Å². The van der Waals surface area contributed by atoms with Crippen molar-refractivity contribution in [2.75, 3.05) is 0 Å². The van der Waals surface area contributed by atoms with Gasteiger partial charge in [0.2, 0.25) is 0 Å². The lowest BCUT2D eigenvalue weighted by atomic mass is 9.84. The zero-order valence-corrected chi connectivity index (χ0v) is 13.3. The molecule has 0 aromatic carbocycles. The van der Waals surface area contributed by atoms with Crippen molar-refractivity contribution in [3.8, 4) is 0 Å². The van der Waals surface area contributed by atoms with Crippen molar-refractivity contribution in [1.29, 1.82) is 0 Å². The largest absolute Gasteiger partial charge is 0.390 e. The molecule has 1 aromatic rings. The second-order valence-electron chi connectivity index (χ2n) is 5.74. The molecule has 0 aliphatic carbocycles. The summed E-state index contributed by atoms with van der Waals surface area (Å²) in [4.78, 5) is 0. The minimum absolute atomic E-state index is 0.335. The number of aliphatic hydroxyl groups is 2. The van der Waals surface area contributed by atoms with Crippen LogP contribution in [0.15, 0.2) is 4.47 Å². The lowest BCUT2D eigenvalue weighted by molar-refractivity contribution is -0.0442. The van der Waals surface area contributed by atoms with Crippen molar-refractivity contribution in [3.63, 3.8) is 0 Å². The molecule has 0 fully saturated rings. The Hall–Kier alpha value is -0.390. The van der Waals surface area contributed by atoms with Crippen LogP contribution in [0.3, 0.4) is 0 Å². The summed E-state index contributed by atoms with van der Waals surface area (Å²) in [5.74, 6) is 0. The van der Waals surface area contributed by atoms with E-state index in [1.54, 1.807) is 0 Å². The summed E-state index contributed by atoms with van der Waals surface area (Å²) in [6.45, 7) is 10.4. The van der Waals surface area contributed by atoms with Crippen molar-refractivity contribution in [2.24, 2.45) is 5.41 Å². The van der Waals surface area contributed by atoms with E-state index in [1.807, 2.05) is 39.3 Å². The Kier molecular flexibility index (Phi) is 4.98. The Balaban J connectivity index is 2.91. The molecule has 1 aromatic heterocycles. The van der Waals surface area contributed by atoms with Crippen LogP contribution in [0.1, 0.15) is 39.1 Å². The molecule has 0 saturated heterocycles. The Bertz CT molecular complexity index is 410. The molecule has 0 bridgehead atoms. The molecule has 104 valence electrons. The Morgan fingerprint density at radius 2 is 1.89 bits per heavy atom. The van der Waals surface area contributed by atoms with Gasteiger partial charge in [0.1, 0.15) is 0 Å². The number of halogens is 1. The fraction of sp³-hybridized carbons (Fsp3) is 0.769. The summed E-state index contributed by atoms with van der Waals surface area (Å²) >= 11 is 3.49. The number of aromatic nitrogens is 2. The van der Waals surface area contributed by atoms with Crippen LogP contribution in [0.5, 0.6) is 0 Å². The molecule has 2 unspecified atom stereocenters. The number of hydrogen-bond acceptors (Lipinski definition) is 3. The molecule has 0 aliphatic heterocycles. The van der Waals surface area contributed by atoms with Gasteiger partial charge in [0.25, 0.3) is 0 Å². The van der Waals surface area contributed by atoms with Crippen molar-refractivity contribution < 1.29 is 10.2 Å². The zero-order chi connectivity index (χ0) is 14.1. The predicted molar refractivity (Wildman–Crippen MR) is 75.5 cm³/mol. The molecule has 0 radical (unpaired) electrons. The van der Waals surface area contributed by atoms with Crippen molar-refractivity contribution in [3.05, 3.63) is 15.9 Å². The molecular formula is C13H23BrN2O2. The first-order valence-electron chi connectivity index (χ1n) is 6.26. The third-order valence-electron chi connectivity index (χ3n) is 3.11. The summed E-state index contributed by atoms with van der Waals surface area (Å²) in [5.41, 5.74) is 1.51. The maximum atomic E-state index is 10.1. The second-order valence-corrected chi connectivity index (χ2v) is 6.54. The highest BCUT2D eigenvalue weighted by Crippen LogP contribution is 2.27. The van der Waals surface area contributed by atoms with Crippen LogP contribution in [0.2, 0.25) is 0 Å². The zero-order valence-electron chi connectivity index (χ0n) is 11.7. The monoisotopic (exact) mass is 318 g/mol. The van der Waals surface area contributed by atoms with Crippen LogP contribution >= 0.6 is 15.9 Å². The van der Waals surface area contributed by atoms with Crippen LogP contribution in [-0.2, 0) is 13.0 Å². The number of nitrogens with zero attached hydrogens (tertiary/aromatic N) is 2. The van der Waals surface area contributed by atoms with E-state index >= 15 is 0 Å². The average Bonchev–Trinajstić information content (AvgIpc) is 2.54.